The van der Waals surface area contributed by atoms with Crippen LogP contribution in [0.4, 0.5) is 4.79 Å². The van der Waals surface area contributed by atoms with Crippen molar-refractivity contribution in [1.82, 2.24) is 15.1 Å². The zero-order chi connectivity index (χ0) is 20.4. The molecule has 1 saturated carbocycles. The molecule has 2 aliphatic rings. The highest BCUT2D eigenvalue weighted by Gasteiger charge is 2.26. The molecule has 1 aromatic carbocycles. The Morgan fingerprint density at radius 3 is 2.79 bits per heavy atom. The van der Waals surface area contributed by atoms with Crippen LogP contribution in [0.1, 0.15) is 43.4 Å². The van der Waals surface area contributed by atoms with Crippen LogP contribution in [0.2, 0.25) is 0 Å². The van der Waals surface area contributed by atoms with Gasteiger partial charge in [0.25, 0.3) is 0 Å². The van der Waals surface area contributed by atoms with Crippen LogP contribution in [0.25, 0.3) is 11.0 Å². The molecular weight excluding hydrogens is 366 g/mol. The van der Waals surface area contributed by atoms with E-state index in [0.717, 1.165) is 61.9 Å². The Labute approximate surface area is 173 Å². The molecule has 0 atom stereocenters. The Hall–Kier alpha value is -2.21. The second-order valence-electron chi connectivity index (χ2n) is 8.72. The molecule has 2 aromatic rings. The number of rotatable bonds is 5. The van der Waals surface area contributed by atoms with E-state index in [1.165, 1.54) is 30.2 Å². The Balaban J connectivity index is 1.28. The van der Waals surface area contributed by atoms with Gasteiger partial charge in [0.05, 0.1) is 13.7 Å². The topological polar surface area (TPSA) is 58.0 Å². The van der Waals surface area contributed by atoms with Crippen LogP contribution in [-0.4, -0.2) is 56.2 Å². The lowest BCUT2D eigenvalue weighted by Gasteiger charge is -2.32. The molecule has 6 nitrogen and oxygen atoms in total. The van der Waals surface area contributed by atoms with E-state index in [4.69, 9.17) is 9.15 Å². The fraction of sp³-hybridized carbons (Fsp3) is 0.609. The number of carbonyl (C=O) groups is 1. The summed E-state index contributed by atoms with van der Waals surface area (Å²) in [5.41, 5.74) is 2.24. The van der Waals surface area contributed by atoms with Crippen molar-refractivity contribution in [3.8, 4) is 5.75 Å². The van der Waals surface area contributed by atoms with Gasteiger partial charge in [0, 0.05) is 37.6 Å². The van der Waals surface area contributed by atoms with Gasteiger partial charge in [-0.25, -0.2) is 4.79 Å². The monoisotopic (exact) mass is 399 g/mol. The van der Waals surface area contributed by atoms with Crippen molar-refractivity contribution in [3.05, 3.63) is 29.5 Å². The van der Waals surface area contributed by atoms with Gasteiger partial charge in [-0.15, -0.1) is 0 Å². The number of carbonyl (C=O) groups excluding carboxylic acids is 1. The molecule has 158 valence electrons. The summed E-state index contributed by atoms with van der Waals surface area (Å²) in [5, 5.41) is 4.34. The third-order valence-electron chi connectivity index (χ3n) is 6.57. The van der Waals surface area contributed by atoms with Gasteiger partial charge in [-0.05, 0) is 57.1 Å². The molecule has 0 bridgehead atoms. The highest BCUT2D eigenvalue weighted by atomic mass is 16.5. The van der Waals surface area contributed by atoms with Crippen LogP contribution < -0.4 is 10.1 Å². The SMILES string of the molecule is COc1cccc2c3c(oc12)CN(CC[C@H]1CC[C@H](NC(=O)N(C)C)CC1)CC3. The zero-order valence-corrected chi connectivity index (χ0v) is 17.9. The molecule has 0 unspecified atom stereocenters. The molecule has 0 radical (unpaired) electrons. The number of nitrogens with one attached hydrogen (secondary N) is 1. The minimum absolute atomic E-state index is 0.0278. The lowest BCUT2D eigenvalue weighted by atomic mass is 9.84. The summed E-state index contributed by atoms with van der Waals surface area (Å²) < 4.78 is 11.7. The second-order valence-corrected chi connectivity index (χ2v) is 8.72. The first-order valence-corrected chi connectivity index (χ1v) is 10.8. The number of benzene rings is 1. The first-order chi connectivity index (χ1) is 14.0. The minimum atomic E-state index is 0.0278. The van der Waals surface area contributed by atoms with E-state index in [-0.39, 0.29) is 6.03 Å². The molecule has 1 aliphatic heterocycles. The van der Waals surface area contributed by atoms with E-state index >= 15 is 0 Å². The largest absolute Gasteiger partial charge is 0.493 e. The van der Waals surface area contributed by atoms with Gasteiger partial charge in [0.15, 0.2) is 11.3 Å². The number of hydrogen-bond acceptors (Lipinski definition) is 4. The number of amides is 2. The summed E-state index contributed by atoms with van der Waals surface area (Å²) in [7, 11) is 5.29. The third kappa shape index (κ3) is 4.37. The van der Waals surface area contributed by atoms with Crippen molar-refractivity contribution in [3.63, 3.8) is 0 Å². The van der Waals surface area contributed by atoms with Crippen molar-refractivity contribution < 1.29 is 13.9 Å². The minimum Gasteiger partial charge on any atom is -0.493 e. The van der Waals surface area contributed by atoms with Crippen molar-refractivity contribution in [2.45, 2.75) is 51.1 Å². The fourth-order valence-electron chi connectivity index (χ4n) is 4.76. The number of para-hydroxylation sites is 1. The summed E-state index contributed by atoms with van der Waals surface area (Å²) in [6, 6.07) is 6.51. The number of hydrogen-bond donors (Lipinski definition) is 1. The van der Waals surface area contributed by atoms with Crippen LogP contribution in [0.5, 0.6) is 5.75 Å². The molecule has 4 rings (SSSR count). The average molecular weight is 400 g/mol. The first kappa shape index (κ1) is 20.1. The lowest BCUT2D eigenvalue weighted by Crippen LogP contribution is -2.43. The predicted octanol–water partition coefficient (Wildman–Crippen LogP) is 4.02. The Kier molecular flexibility index (Phi) is 5.99. The molecular formula is C23H33N3O3. The standard InChI is InChI=1S/C23H33N3O3/c1-25(2)23(27)24-17-9-7-16(8-10-17)11-13-26-14-12-18-19-5-4-6-20(28-3)22(19)29-21(18)15-26/h4-6,16-17H,7-15H2,1-3H3,(H,24,27)/t16-,17-. The fourth-order valence-corrected chi connectivity index (χ4v) is 4.76. The smallest absolute Gasteiger partial charge is 0.317 e. The molecule has 29 heavy (non-hydrogen) atoms. The molecule has 0 saturated heterocycles. The highest BCUT2D eigenvalue weighted by molar-refractivity contribution is 5.87. The number of urea groups is 1. The van der Waals surface area contributed by atoms with Crippen molar-refractivity contribution >= 4 is 17.0 Å². The van der Waals surface area contributed by atoms with Gasteiger partial charge >= 0.3 is 6.03 Å². The summed E-state index contributed by atoms with van der Waals surface area (Å²) in [4.78, 5) is 16.0. The summed E-state index contributed by atoms with van der Waals surface area (Å²) in [5.74, 6) is 2.69. The maximum absolute atomic E-state index is 11.8. The zero-order valence-electron chi connectivity index (χ0n) is 17.9. The van der Waals surface area contributed by atoms with E-state index in [1.807, 2.05) is 12.1 Å². The predicted molar refractivity (Wildman–Crippen MR) is 114 cm³/mol. The van der Waals surface area contributed by atoms with Crippen LogP contribution >= 0.6 is 0 Å². The summed E-state index contributed by atoms with van der Waals surface area (Å²) >= 11 is 0. The van der Waals surface area contributed by atoms with E-state index < -0.39 is 0 Å². The van der Waals surface area contributed by atoms with E-state index in [2.05, 4.69) is 16.3 Å². The molecule has 1 fully saturated rings. The Morgan fingerprint density at radius 2 is 2.07 bits per heavy atom. The molecule has 1 aromatic heterocycles. The Morgan fingerprint density at radius 1 is 1.28 bits per heavy atom. The van der Waals surface area contributed by atoms with Crippen LogP contribution in [-0.2, 0) is 13.0 Å². The summed E-state index contributed by atoms with van der Waals surface area (Å²) in [6.45, 7) is 3.10. The number of ether oxygens (including phenoxy) is 1. The van der Waals surface area contributed by atoms with Gasteiger partial charge in [-0.2, -0.15) is 0 Å². The van der Waals surface area contributed by atoms with Crippen molar-refractivity contribution in [2.75, 3.05) is 34.3 Å². The number of fused-ring (bicyclic) bond motifs is 3. The van der Waals surface area contributed by atoms with Gasteiger partial charge in [-0.1, -0.05) is 12.1 Å². The number of furan rings is 1. The lowest BCUT2D eigenvalue weighted by molar-refractivity contribution is 0.187. The van der Waals surface area contributed by atoms with Gasteiger partial charge in [-0.3, -0.25) is 4.90 Å². The van der Waals surface area contributed by atoms with Gasteiger partial charge in [0.1, 0.15) is 5.76 Å². The average Bonchev–Trinajstić information content (AvgIpc) is 3.11. The molecule has 1 N–H and O–H groups in total. The van der Waals surface area contributed by atoms with E-state index in [9.17, 15) is 4.79 Å². The van der Waals surface area contributed by atoms with E-state index in [0.29, 0.717) is 6.04 Å². The third-order valence-corrected chi connectivity index (χ3v) is 6.57. The quantitative estimate of drug-likeness (QED) is 0.825. The summed E-state index contributed by atoms with van der Waals surface area (Å²) in [6.07, 6.45) is 6.88. The first-order valence-electron chi connectivity index (χ1n) is 10.8. The number of nitrogens with zero attached hydrogens (tertiary/aromatic N) is 2. The molecule has 2 amide bonds. The maximum Gasteiger partial charge on any atom is 0.317 e. The van der Waals surface area contributed by atoms with Crippen LogP contribution in [0.15, 0.2) is 22.6 Å². The van der Waals surface area contributed by atoms with E-state index in [1.54, 1.807) is 26.1 Å². The van der Waals surface area contributed by atoms with Crippen LogP contribution in [0, 0.1) is 5.92 Å². The van der Waals surface area contributed by atoms with Gasteiger partial charge < -0.3 is 19.4 Å². The number of methoxy groups -OCH3 is 1. The maximum atomic E-state index is 11.8. The normalized spacial score (nSPS) is 22.3. The molecule has 0 spiro atoms. The highest BCUT2D eigenvalue weighted by Crippen LogP contribution is 2.36. The van der Waals surface area contributed by atoms with Gasteiger partial charge in [0.2, 0.25) is 0 Å². The van der Waals surface area contributed by atoms with Crippen molar-refractivity contribution in [2.24, 2.45) is 5.92 Å². The second kappa shape index (κ2) is 8.66. The molecule has 1 aliphatic carbocycles. The molecule has 2 heterocycles. The Bertz CT molecular complexity index is 852. The van der Waals surface area contributed by atoms with Crippen LogP contribution in [0.3, 0.4) is 0 Å². The van der Waals surface area contributed by atoms with Crippen molar-refractivity contribution in [1.29, 1.82) is 0 Å². The molecule has 6 heteroatoms.